The van der Waals surface area contributed by atoms with Gasteiger partial charge in [-0.05, 0) is 49.4 Å². The van der Waals surface area contributed by atoms with E-state index in [0.29, 0.717) is 17.0 Å². The summed E-state index contributed by atoms with van der Waals surface area (Å²) in [5.74, 6) is -0.522. The molecule has 24 heavy (non-hydrogen) atoms. The minimum absolute atomic E-state index is 0.243. The molecule has 0 aliphatic rings. The zero-order valence-corrected chi connectivity index (χ0v) is 13.4. The highest BCUT2D eigenvalue weighted by Crippen LogP contribution is 2.15. The highest BCUT2D eigenvalue weighted by molar-refractivity contribution is 6.05. The van der Waals surface area contributed by atoms with Crippen LogP contribution < -0.4 is 10.1 Å². The molecular weight excluding hydrogens is 310 g/mol. The molecule has 0 aromatic heterocycles. The van der Waals surface area contributed by atoms with E-state index in [-0.39, 0.29) is 23.9 Å². The van der Waals surface area contributed by atoms with Gasteiger partial charge in [0.1, 0.15) is 12.4 Å². The summed E-state index contributed by atoms with van der Waals surface area (Å²) >= 11 is 0. The number of methoxy groups -OCH3 is 1. The number of amides is 1. The van der Waals surface area contributed by atoms with Gasteiger partial charge in [-0.25, -0.2) is 4.79 Å². The molecule has 0 aliphatic heterocycles. The van der Waals surface area contributed by atoms with E-state index in [4.69, 9.17) is 9.47 Å². The third-order valence-electron chi connectivity index (χ3n) is 3.11. The molecule has 6 heteroatoms. The van der Waals surface area contributed by atoms with E-state index in [2.05, 4.69) is 5.32 Å². The number of Topliss-reactive ketones (excluding diaryl/α,β-unsaturated/α-hetero) is 1. The number of benzene rings is 2. The van der Waals surface area contributed by atoms with E-state index in [1.807, 2.05) is 0 Å². The first-order valence-corrected chi connectivity index (χ1v) is 7.21. The van der Waals surface area contributed by atoms with Crippen molar-refractivity contribution in [2.75, 3.05) is 19.0 Å². The number of hydrogen-bond acceptors (Lipinski definition) is 5. The van der Waals surface area contributed by atoms with Gasteiger partial charge in [0.2, 0.25) is 0 Å². The molecule has 2 aromatic rings. The number of nitrogens with one attached hydrogen (secondary N) is 1. The fraction of sp³-hybridized carbons (Fsp3) is 0.167. The maximum Gasteiger partial charge on any atom is 0.338 e. The van der Waals surface area contributed by atoms with Crippen LogP contribution in [0.15, 0.2) is 48.5 Å². The number of anilines is 1. The van der Waals surface area contributed by atoms with Gasteiger partial charge in [0.15, 0.2) is 5.78 Å². The molecule has 1 N–H and O–H groups in total. The van der Waals surface area contributed by atoms with Crippen molar-refractivity contribution in [2.45, 2.75) is 6.92 Å². The first-order valence-electron chi connectivity index (χ1n) is 7.21. The summed E-state index contributed by atoms with van der Waals surface area (Å²) in [5.41, 5.74) is 1.16. The highest BCUT2D eigenvalue weighted by atomic mass is 16.5. The predicted octanol–water partition coefficient (Wildman–Crippen LogP) is 2.69. The van der Waals surface area contributed by atoms with Crippen LogP contribution in [0.3, 0.4) is 0 Å². The minimum Gasteiger partial charge on any atom is -0.497 e. The summed E-state index contributed by atoms with van der Waals surface area (Å²) in [7, 11) is 1.55. The molecular formula is C18H17NO5. The van der Waals surface area contributed by atoms with Crippen molar-refractivity contribution < 1.29 is 23.9 Å². The van der Waals surface area contributed by atoms with Crippen molar-refractivity contribution in [3.8, 4) is 5.75 Å². The number of ketones is 1. The molecule has 0 bridgehead atoms. The van der Waals surface area contributed by atoms with Gasteiger partial charge in [-0.15, -0.1) is 0 Å². The Bertz CT molecular complexity index is 752. The second-order valence-electron chi connectivity index (χ2n) is 5.04. The Kier molecular flexibility index (Phi) is 5.68. The van der Waals surface area contributed by atoms with Crippen LogP contribution in [0.5, 0.6) is 5.75 Å². The van der Waals surface area contributed by atoms with Crippen LogP contribution >= 0.6 is 0 Å². The number of esters is 1. The summed E-state index contributed by atoms with van der Waals surface area (Å²) in [4.78, 5) is 34.9. The molecule has 1 amide bonds. The van der Waals surface area contributed by atoms with E-state index in [1.165, 1.54) is 13.0 Å². The van der Waals surface area contributed by atoms with Crippen molar-refractivity contribution in [2.24, 2.45) is 0 Å². The maximum absolute atomic E-state index is 12.2. The molecule has 0 unspecified atom stereocenters. The maximum atomic E-state index is 12.2. The SMILES string of the molecule is COc1ccc(C(=O)Nc2cccc(C(=O)OCC(C)=O)c2)cc1. The number of ether oxygens (including phenoxy) is 2. The van der Waals surface area contributed by atoms with Gasteiger partial charge in [0, 0.05) is 11.3 Å². The molecule has 0 fully saturated rings. The number of carbonyl (C=O) groups excluding carboxylic acids is 3. The summed E-state index contributed by atoms with van der Waals surface area (Å²) in [5, 5.41) is 2.70. The van der Waals surface area contributed by atoms with E-state index < -0.39 is 5.97 Å². The highest BCUT2D eigenvalue weighted by Gasteiger charge is 2.11. The van der Waals surface area contributed by atoms with Gasteiger partial charge in [-0.1, -0.05) is 6.07 Å². The minimum atomic E-state index is -0.620. The molecule has 0 radical (unpaired) electrons. The molecule has 0 atom stereocenters. The molecule has 2 aromatic carbocycles. The average molecular weight is 327 g/mol. The molecule has 6 nitrogen and oxygen atoms in total. The predicted molar refractivity (Wildman–Crippen MR) is 88.4 cm³/mol. The topological polar surface area (TPSA) is 81.7 Å². The molecule has 2 rings (SSSR count). The Hall–Kier alpha value is -3.15. The van der Waals surface area contributed by atoms with Crippen LogP contribution in [-0.2, 0) is 9.53 Å². The quantitative estimate of drug-likeness (QED) is 0.825. The van der Waals surface area contributed by atoms with Crippen molar-refractivity contribution in [3.05, 3.63) is 59.7 Å². The Morgan fingerprint density at radius 3 is 2.33 bits per heavy atom. The summed E-state index contributed by atoms with van der Waals surface area (Å²) < 4.78 is 9.89. The van der Waals surface area contributed by atoms with Crippen LogP contribution in [0.25, 0.3) is 0 Å². The third kappa shape index (κ3) is 4.67. The van der Waals surface area contributed by atoms with E-state index in [9.17, 15) is 14.4 Å². The van der Waals surface area contributed by atoms with E-state index in [1.54, 1.807) is 49.6 Å². The summed E-state index contributed by atoms with van der Waals surface area (Å²) in [6.45, 7) is 1.06. The lowest BCUT2D eigenvalue weighted by Crippen LogP contribution is -2.14. The molecule has 124 valence electrons. The van der Waals surface area contributed by atoms with Crippen LogP contribution in [0.4, 0.5) is 5.69 Å². The zero-order valence-electron chi connectivity index (χ0n) is 13.4. The van der Waals surface area contributed by atoms with Gasteiger partial charge < -0.3 is 14.8 Å². The van der Waals surface area contributed by atoms with Crippen LogP contribution in [0.2, 0.25) is 0 Å². The molecule has 0 saturated heterocycles. The largest absolute Gasteiger partial charge is 0.497 e. The first-order chi connectivity index (χ1) is 11.5. The van der Waals surface area contributed by atoms with Crippen molar-refractivity contribution in [1.82, 2.24) is 0 Å². The first kappa shape index (κ1) is 17.2. The van der Waals surface area contributed by atoms with Crippen LogP contribution in [0, 0.1) is 0 Å². The Morgan fingerprint density at radius 2 is 1.71 bits per heavy atom. The Labute approximate surface area is 139 Å². The number of hydrogen-bond donors (Lipinski definition) is 1. The monoisotopic (exact) mass is 327 g/mol. The van der Waals surface area contributed by atoms with Crippen LogP contribution in [-0.4, -0.2) is 31.4 Å². The fourth-order valence-electron chi connectivity index (χ4n) is 1.92. The smallest absolute Gasteiger partial charge is 0.338 e. The van der Waals surface area contributed by atoms with Crippen molar-refractivity contribution in [1.29, 1.82) is 0 Å². The van der Waals surface area contributed by atoms with Crippen molar-refractivity contribution >= 4 is 23.3 Å². The van der Waals surface area contributed by atoms with Gasteiger partial charge >= 0.3 is 5.97 Å². The number of rotatable bonds is 6. The van der Waals surface area contributed by atoms with Crippen molar-refractivity contribution in [3.63, 3.8) is 0 Å². The molecule has 0 aliphatic carbocycles. The second-order valence-corrected chi connectivity index (χ2v) is 5.04. The summed E-state index contributed by atoms with van der Waals surface area (Å²) in [6.07, 6.45) is 0. The third-order valence-corrected chi connectivity index (χ3v) is 3.11. The lowest BCUT2D eigenvalue weighted by atomic mass is 10.1. The van der Waals surface area contributed by atoms with Gasteiger partial charge in [0.05, 0.1) is 12.7 Å². The molecule has 0 saturated carbocycles. The standard InChI is InChI=1S/C18H17NO5/c1-12(20)11-24-18(22)14-4-3-5-15(10-14)19-17(21)13-6-8-16(23-2)9-7-13/h3-10H,11H2,1-2H3,(H,19,21). The zero-order chi connectivity index (χ0) is 17.5. The lowest BCUT2D eigenvalue weighted by molar-refractivity contribution is -0.120. The fourth-order valence-corrected chi connectivity index (χ4v) is 1.92. The molecule has 0 heterocycles. The van der Waals surface area contributed by atoms with Crippen LogP contribution in [0.1, 0.15) is 27.6 Å². The van der Waals surface area contributed by atoms with E-state index in [0.717, 1.165) is 0 Å². The Morgan fingerprint density at radius 1 is 1.00 bits per heavy atom. The normalized spacial score (nSPS) is 9.92. The number of carbonyl (C=O) groups is 3. The van der Waals surface area contributed by atoms with Gasteiger partial charge in [-0.3, -0.25) is 9.59 Å². The second kappa shape index (κ2) is 7.92. The average Bonchev–Trinajstić information content (AvgIpc) is 2.59. The van der Waals surface area contributed by atoms with Gasteiger partial charge in [-0.2, -0.15) is 0 Å². The molecule has 0 spiro atoms. The van der Waals surface area contributed by atoms with Gasteiger partial charge in [0.25, 0.3) is 5.91 Å². The lowest BCUT2D eigenvalue weighted by Gasteiger charge is -2.08. The summed E-state index contributed by atoms with van der Waals surface area (Å²) in [6, 6.07) is 13.0. The van der Waals surface area contributed by atoms with E-state index >= 15 is 0 Å². The Balaban J connectivity index is 2.06.